The van der Waals surface area contributed by atoms with Crippen molar-refractivity contribution in [3.05, 3.63) is 18.2 Å². The molecule has 110 valence electrons. The van der Waals surface area contributed by atoms with E-state index in [1.54, 1.807) is 14.2 Å². The topological polar surface area (TPSA) is 33.7 Å². The van der Waals surface area contributed by atoms with Crippen molar-refractivity contribution in [2.75, 3.05) is 26.6 Å². The van der Waals surface area contributed by atoms with Crippen molar-refractivity contribution in [2.45, 2.75) is 43.8 Å². The molecule has 20 heavy (non-hydrogen) atoms. The molecule has 1 aromatic carbocycles. The van der Waals surface area contributed by atoms with Gasteiger partial charge < -0.3 is 19.7 Å². The summed E-state index contributed by atoms with van der Waals surface area (Å²) in [4.78, 5) is 2.56. The van der Waals surface area contributed by atoms with Gasteiger partial charge in [0.1, 0.15) is 11.5 Å². The molecule has 4 heteroatoms. The Morgan fingerprint density at radius 2 is 1.80 bits per heavy atom. The summed E-state index contributed by atoms with van der Waals surface area (Å²) >= 11 is 0. The van der Waals surface area contributed by atoms with Gasteiger partial charge in [0.05, 0.1) is 19.9 Å². The molecule has 1 N–H and O–H groups in total. The van der Waals surface area contributed by atoms with Crippen LogP contribution in [0.2, 0.25) is 0 Å². The fourth-order valence-corrected chi connectivity index (χ4v) is 3.68. The van der Waals surface area contributed by atoms with Gasteiger partial charge in [-0.2, -0.15) is 0 Å². The molecular formula is C16H24N2O2. The molecule has 1 aromatic rings. The van der Waals surface area contributed by atoms with Crippen LogP contribution in [0.1, 0.15) is 25.7 Å². The molecule has 0 amide bonds. The van der Waals surface area contributed by atoms with Crippen LogP contribution in [-0.4, -0.2) is 44.3 Å². The van der Waals surface area contributed by atoms with E-state index in [0.29, 0.717) is 6.04 Å². The normalized spacial score (nSPS) is 29.2. The standard InChI is InChI=1S/C16H24N2O2/c1-18-12-4-5-13(18)9-11(8-12)17-15-10-14(19-2)6-7-16(15)20-3/h6-7,10-13,17H,4-5,8-9H2,1-3H3. The lowest BCUT2D eigenvalue weighted by atomic mass is 9.97. The number of hydrogen-bond donors (Lipinski definition) is 1. The number of nitrogens with zero attached hydrogens (tertiary/aromatic N) is 1. The van der Waals surface area contributed by atoms with E-state index in [1.165, 1.54) is 25.7 Å². The van der Waals surface area contributed by atoms with Gasteiger partial charge in [0.2, 0.25) is 0 Å². The Balaban J connectivity index is 1.74. The van der Waals surface area contributed by atoms with E-state index in [-0.39, 0.29) is 0 Å². The minimum atomic E-state index is 0.532. The molecule has 0 spiro atoms. The van der Waals surface area contributed by atoms with E-state index in [9.17, 15) is 0 Å². The number of methoxy groups -OCH3 is 2. The van der Waals surface area contributed by atoms with Crippen molar-refractivity contribution in [1.82, 2.24) is 4.90 Å². The minimum Gasteiger partial charge on any atom is -0.497 e. The molecule has 0 radical (unpaired) electrons. The number of benzene rings is 1. The van der Waals surface area contributed by atoms with Gasteiger partial charge in [-0.25, -0.2) is 0 Å². The largest absolute Gasteiger partial charge is 0.497 e. The summed E-state index contributed by atoms with van der Waals surface area (Å²) in [6.07, 6.45) is 5.11. The Morgan fingerprint density at radius 1 is 1.10 bits per heavy atom. The number of anilines is 1. The molecule has 2 heterocycles. The Kier molecular flexibility index (Phi) is 3.74. The molecule has 2 fully saturated rings. The summed E-state index contributed by atoms with van der Waals surface area (Å²) in [5.74, 6) is 1.75. The van der Waals surface area contributed by atoms with Gasteiger partial charge in [-0.3, -0.25) is 0 Å². The van der Waals surface area contributed by atoms with E-state index in [4.69, 9.17) is 9.47 Å². The molecule has 2 aliphatic rings. The minimum absolute atomic E-state index is 0.532. The van der Waals surface area contributed by atoms with E-state index >= 15 is 0 Å². The highest BCUT2D eigenvalue weighted by molar-refractivity contribution is 5.60. The molecule has 2 saturated heterocycles. The third-order valence-corrected chi connectivity index (χ3v) is 4.86. The first kappa shape index (κ1) is 13.6. The highest BCUT2D eigenvalue weighted by atomic mass is 16.5. The first-order valence-electron chi connectivity index (χ1n) is 7.41. The van der Waals surface area contributed by atoms with Crippen molar-refractivity contribution in [3.63, 3.8) is 0 Å². The number of piperidine rings is 1. The van der Waals surface area contributed by atoms with Gasteiger partial charge in [-0.1, -0.05) is 0 Å². The van der Waals surface area contributed by atoms with Crippen LogP contribution < -0.4 is 14.8 Å². The quantitative estimate of drug-likeness (QED) is 0.917. The first-order chi connectivity index (χ1) is 9.71. The number of rotatable bonds is 4. The van der Waals surface area contributed by atoms with Crippen molar-refractivity contribution >= 4 is 5.69 Å². The third kappa shape index (κ3) is 2.44. The van der Waals surface area contributed by atoms with Gasteiger partial charge in [0, 0.05) is 24.2 Å². The number of nitrogens with one attached hydrogen (secondary N) is 1. The lowest BCUT2D eigenvalue weighted by molar-refractivity contribution is 0.169. The van der Waals surface area contributed by atoms with Gasteiger partial charge in [-0.05, 0) is 44.9 Å². The predicted molar refractivity (Wildman–Crippen MR) is 80.8 cm³/mol. The van der Waals surface area contributed by atoms with Gasteiger partial charge >= 0.3 is 0 Å². The van der Waals surface area contributed by atoms with Crippen LogP contribution in [0.15, 0.2) is 18.2 Å². The summed E-state index contributed by atoms with van der Waals surface area (Å²) in [5, 5.41) is 3.66. The number of ether oxygens (including phenoxy) is 2. The Bertz CT molecular complexity index is 464. The second-order valence-electron chi connectivity index (χ2n) is 5.93. The maximum atomic E-state index is 5.45. The summed E-state index contributed by atoms with van der Waals surface area (Å²) in [5.41, 5.74) is 1.04. The van der Waals surface area contributed by atoms with Gasteiger partial charge in [-0.15, -0.1) is 0 Å². The summed E-state index contributed by atoms with van der Waals surface area (Å²) < 4.78 is 10.8. The zero-order valence-corrected chi connectivity index (χ0v) is 12.6. The zero-order valence-electron chi connectivity index (χ0n) is 12.6. The second kappa shape index (κ2) is 5.52. The monoisotopic (exact) mass is 276 g/mol. The van der Waals surface area contributed by atoms with Crippen LogP contribution in [0.3, 0.4) is 0 Å². The molecule has 0 aromatic heterocycles. The average Bonchev–Trinajstić information content (AvgIpc) is 2.69. The molecule has 2 atom stereocenters. The second-order valence-corrected chi connectivity index (χ2v) is 5.93. The first-order valence-corrected chi connectivity index (χ1v) is 7.41. The van der Waals surface area contributed by atoms with Gasteiger partial charge in [0.25, 0.3) is 0 Å². The predicted octanol–water partition coefficient (Wildman–Crippen LogP) is 2.74. The zero-order chi connectivity index (χ0) is 14.1. The van der Waals surface area contributed by atoms with Gasteiger partial charge in [0.15, 0.2) is 0 Å². The molecule has 4 nitrogen and oxygen atoms in total. The van der Waals surface area contributed by atoms with Crippen molar-refractivity contribution in [3.8, 4) is 11.5 Å². The van der Waals surface area contributed by atoms with Crippen LogP contribution in [0.4, 0.5) is 5.69 Å². The van der Waals surface area contributed by atoms with E-state index in [1.807, 2.05) is 18.2 Å². The molecular weight excluding hydrogens is 252 g/mol. The molecule has 3 rings (SSSR count). The fourth-order valence-electron chi connectivity index (χ4n) is 3.68. The summed E-state index contributed by atoms with van der Waals surface area (Å²) in [7, 11) is 5.68. The van der Waals surface area contributed by atoms with E-state index < -0.39 is 0 Å². The highest BCUT2D eigenvalue weighted by Crippen LogP contribution is 2.37. The SMILES string of the molecule is COc1ccc(OC)c(NC2CC3CCC(C2)N3C)c1. The maximum absolute atomic E-state index is 5.45. The molecule has 0 saturated carbocycles. The van der Waals surface area contributed by atoms with Crippen molar-refractivity contribution < 1.29 is 9.47 Å². The summed E-state index contributed by atoms with van der Waals surface area (Å²) in [6, 6.07) is 7.93. The Morgan fingerprint density at radius 3 is 2.40 bits per heavy atom. The molecule has 0 aliphatic carbocycles. The van der Waals surface area contributed by atoms with Crippen LogP contribution in [0.25, 0.3) is 0 Å². The molecule has 2 bridgehead atoms. The van der Waals surface area contributed by atoms with E-state index in [0.717, 1.165) is 29.3 Å². The van der Waals surface area contributed by atoms with Crippen LogP contribution in [0.5, 0.6) is 11.5 Å². The average molecular weight is 276 g/mol. The van der Waals surface area contributed by atoms with Crippen LogP contribution in [-0.2, 0) is 0 Å². The number of fused-ring (bicyclic) bond motifs is 2. The van der Waals surface area contributed by atoms with Crippen molar-refractivity contribution in [1.29, 1.82) is 0 Å². The number of hydrogen-bond acceptors (Lipinski definition) is 4. The molecule has 2 aliphatic heterocycles. The maximum Gasteiger partial charge on any atom is 0.142 e. The third-order valence-electron chi connectivity index (χ3n) is 4.86. The van der Waals surface area contributed by atoms with Crippen LogP contribution in [0, 0.1) is 0 Å². The lowest BCUT2D eigenvalue weighted by Gasteiger charge is -2.37. The Labute approximate surface area is 121 Å². The Hall–Kier alpha value is -1.42. The highest BCUT2D eigenvalue weighted by Gasteiger charge is 2.38. The van der Waals surface area contributed by atoms with E-state index in [2.05, 4.69) is 17.3 Å². The smallest absolute Gasteiger partial charge is 0.142 e. The van der Waals surface area contributed by atoms with Crippen molar-refractivity contribution in [2.24, 2.45) is 0 Å². The summed E-state index contributed by atoms with van der Waals surface area (Å²) in [6.45, 7) is 0. The lowest BCUT2D eigenvalue weighted by Crippen LogP contribution is -2.44. The fraction of sp³-hybridized carbons (Fsp3) is 0.625. The van der Waals surface area contributed by atoms with Crippen LogP contribution >= 0.6 is 0 Å². The molecule has 2 unspecified atom stereocenters.